The first-order valence-corrected chi connectivity index (χ1v) is 9.50. The summed E-state index contributed by atoms with van der Waals surface area (Å²) in [6, 6.07) is 6.49. The van der Waals surface area contributed by atoms with Crippen LogP contribution in [0, 0.1) is 23.6 Å². The Kier molecular flexibility index (Phi) is 7.38. The Hall–Kier alpha value is -0.780. The number of likely N-dealkylation sites (tertiary alicyclic amines) is 1. The third kappa shape index (κ3) is 4.87. The molecule has 2 saturated heterocycles. The van der Waals surface area contributed by atoms with E-state index < -0.39 is 0 Å². The van der Waals surface area contributed by atoms with Crippen molar-refractivity contribution >= 4 is 30.1 Å². The van der Waals surface area contributed by atoms with Crippen LogP contribution < -0.4 is 5.32 Å². The number of benzene rings is 1. The number of fused-ring (bicyclic) bond motifs is 1. The molecule has 3 atom stereocenters. The lowest BCUT2D eigenvalue weighted by atomic mass is 9.92. The number of nitrogens with zero attached hydrogens (tertiary/aromatic N) is 1. The van der Waals surface area contributed by atoms with E-state index >= 15 is 0 Å². The average Bonchev–Trinajstić information content (AvgIpc) is 2.92. The monoisotopic (exact) mass is 372 g/mol. The second-order valence-electron chi connectivity index (χ2n) is 6.75. The lowest BCUT2D eigenvalue weighted by Gasteiger charge is -2.24. The van der Waals surface area contributed by atoms with Crippen LogP contribution >= 0.6 is 24.2 Å². The topological polar surface area (TPSA) is 32.3 Å². The molecular formula is C18H26ClFN2OS. The van der Waals surface area contributed by atoms with Gasteiger partial charge >= 0.3 is 0 Å². The molecule has 24 heavy (non-hydrogen) atoms. The summed E-state index contributed by atoms with van der Waals surface area (Å²) in [5, 5.41) is 3.47. The van der Waals surface area contributed by atoms with Gasteiger partial charge in [-0.1, -0.05) is 6.92 Å². The van der Waals surface area contributed by atoms with E-state index in [4.69, 9.17) is 0 Å². The summed E-state index contributed by atoms with van der Waals surface area (Å²) in [5.74, 6) is 2.29. The number of hydrogen-bond acceptors (Lipinski definition) is 3. The van der Waals surface area contributed by atoms with Gasteiger partial charge in [-0.3, -0.25) is 4.79 Å². The van der Waals surface area contributed by atoms with Crippen LogP contribution in [0.4, 0.5) is 4.39 Å². The van der Waals surface area contributed by atoms with Crippen LogP contribution in [0.2, 0.25) is 0 Å². The van der Waals surface area contributed by atoms with Crippen LogP contribution in [0.1, 0.15) is 19.8 Å². The first kappa shape index (κ1) is 19.5. The molecule has 0 bridgehead atoms. The largest absolute Gasteiger partial charge is 0.342 e. The summed E-state index contributed by atoms with van der Waals surface area (Å²) in [6.07, 6.45) is 2.25. The van der Waals surface area contributed by atoms with Crippen molar-refractivity contribution in [2.45, 2.75) is 24.7 Å². The van der Waals surface area contributed by atoms with E-state index in [0.29, 0.717) is 0 Å². The van der Waals surface area contributed by atoms with Crippen molar-refractivity contribution in [3.8, 4) is 0 Å². The first-order valence-electron chi connectivity index (χ1n) is 8.51. The molecule has 6 heteroatoms. The number of hydrogen-bond donors (Lipinski definition) is 1. The summed E-state index contributed by atoms with van der Waals surface area (Å²) in [7, 11) is 0. The van der Waals surface area contributed by atoms with Crippen molar-refractivity contribution in [3.05, 3.63) is 30.1 Å². The maximum Gasteiger partial charge on any atom is 0.226 e. The molecule has 1 aromatic carbocycles. The van der Waals surface area contributed by atoms with Crippen molar-refractivity contribution in [1.29, 1.82) is 0 Å². The Morgan fingerprint density at radius 1 is 1.25 bits per heavy atom. The molecule has 0 aliphatic carbocycles. The van der Waals surface area contributed by atoms with E-state index in [1.807, 2.05) is 6.92 Å². The smallest absolute Gasteiger partial charge is 0.226 e. The standard InChI is InChI=1S/C18H25FN2OS.ClH/c1-13(12-23-17-4-2-16(19)3-5-17)18(22)21-8-6-14-10-20-11-15(14)7-9-21;/h2-5,13-15,20H,6-12H2,1H3;1H/t13?,14-,15+;. The van der Waals surface area contributed by atoms with Gasteiger partial charge in [-0.05, 0) is 62.0 Å². The first-order chi connectivity index (χ1) is 11.1. The van der Waals surface area contributed by atoms with Crippen molar-refractivity contribution in [1.82, 2.24) is 10.2 Å². The number of amides is 1. The molecular weight excluding hydrogens is 347 g/mol. The molecule has 1 N–H and O–H groups in total. The normalized spacial score (nSPS) is 24.7. The van der Waals surface area contributed by atoms with Crippen LogP contribution in [0.5, 0.6) is 0 Å². The minimum atomic E-state index is -0.219. The highest BCUT2D eigenvalue weighted by atomic mass is 35.5. The summed E-state index contributed by atoms with van der Waals surface area (Å²) in [6.45, 7) is 6.03. The third-order valence-corrected chi connectivity index (χ3v) is 6.34. The molecule has 0 spiro atoms. The molecule has 0 saturated carbocycles. The van der Waals surface area contributed by atoms with E-state index in [9.17, 15) is 9.18 Å². The number of halogens is 2. The summed E-state index contributed by atoms with van der Waals surface area (Å²) < 4.78 is 12.9. The molecule has 1 amide bonds. The Morgan fingerprint density at radius 2 is 1.83 bits per heavy atom. The maximum atomic E-state index is 12.9. The predicted octanol–water partition coefficient (Wildman–Crippen LogP) is 3.43. The third-order valence-electron chi connectivity index (χ3n) is 5.07. The predicted molar refractivity (Wildman–Crippen MR) is 99.2 cm³/mol. The van der Waals surface area contributed by atoms with E-state index in [2.05, 4.69) is 10.2 Å². The van der Waals surface area contributed by atoms with Crippen molar-refractivity contribution in [2.75, 3.05) is 31.9 Å². The second-order valence-corrected chi connectivity index (χ2v) is 7.84. The number of nitrogens with one attached hydrogen (secondary N) is 1. The van der Waals surface area contributed by atoms with Crippen LogP contribution in [-0.2, 0) is 4.79 Å². The highest BCUT2D eigenvalue weighted by molar-refractivity contribution is 7.99. The highest BCUT2D eigenvalue weighted by Crippen LogP contribution is 2.28. The van der Waals surface area contributed by atoms with E-state index in [1.54, 1.807) is 23.9 Å². The van der Waals surface area contributed by atoms with Gasteiger partial charge in [0.25, 0.3) is 0 Å². The summed E-state index contributed by atoms with van der Waals surface area (Å²) in [5.41, 5.74) is 0. The zero-order chi connectivity index (χ0) is 16.2. The molecule has 2 fully saturated rings. The fourth-order valence-corrected chi connectivity index (χ4v) is 4.49. The van der Waals surface area contributed by atoms with Crippen molar-refractivity contribution < 1.29 is 9.18 Å². The molecule has 0 aromatic heterocycles. The Balaban J connectivity index is 0.00000208. The fraction of sp³-hybridized carbons (Fsp3) is 0.611. The molecule has 2 aliphatic heterocycles. The van der Waals surface area contributed by atoms with Crippen LogP contribution in [0.25, 0.3) is 0 Å². The van der Waals surface area contributed by atoms with Gasteiger partial charge in [0.2, 0.25) is 5.91 Å². The highest BCUT2D eigenvalue weighted by Gasteiger charge is 2.32. The fourth-order valence-electron chi connectivity index (χ4n) is 3.57. The van der Waals surface area contributed by atoms with Crippen LogP contribution in [0.15, 0.2) is 29.2 Å². The van der Waals surface area contributed by atoms with Crippen LogP contribution in [-0.4, -0.2) is 42.7 Å². The lowest BCUT2D eigenvalue weighted by Crippen LogP contribution is -2.37. The van der Waals surface area contributed by atoms with Gasteiger partial charge in [-0.2, -0.15) is 0 Å². The molecule has 3 rings (SSSR count). The molecule has 2 heterocycles. The minimum absolute atomic E-state index is 0. The van der Waals surface area contributed by atoms with Gasteiger partial charge in [-0.25, -0.2) is 4.39 Å². The number of rotatable bonds is 4. The second kappa shape index (κ2) is 9.07. The van der Waals surface area contributed by atoms with Crippen molar-refractivity contribution in [3.63, 3.8) is 0 Å². The number of carbonyl (C=O) groups is 1. The van der Waals surface area contributed by atoms with E-state index in [0.717, 1.165) is 61.5 Å². The Morgan fingerprint density at radius 3 is 2.42 bits per heavy atom. The summed E-state index contributed by atoms with van der Waals surface area (Å²) >= 11 is 1.63. The average molecular weight is 373 g/mol. The van der Waals surface area contributed by atoms with Crippen LogP contribution in [0.3, 0.4) is 0 Å². The lowest BCUT2D eigenvalue weighted by molar-refractivity contribution is -0.134. The molecule has 0 radical (unpaired) electrons. The van der Waals surface area contributed by atoms with Gasteiger partial charge in [0, 0.05) is 29.7 Å². The number of carbonyl (C=O) groups excluding carboxylic acids is 1. The van der Waals surface area contributed by atoms with Crippen molar-refractivity contribution in [2.24, 2.45) is 17.8 Å². The number of thioether (sulfide) groups is 1. The maximum absolute atomic E-state index is 12.9. The van der Waals surface area contributed by atoms with Gasteiger partial charge in [0.05, 0.1) is 0 Å². The van der Waals surface area contributed by atoms with Gasteiger partial charge < -0.3 is 10.2 Å². The molecule has 2 aliphatic rings. The Labute approximate surface area is 154 Å². The molecule has 1 unspecified atom stereocenters. The van der Waals surface area contributed by atoms with Gasteiger partial charge in [0.1, 0.15) is 5.82 Å². The quantitative estimate of drug-likeness (QED) is 0.822. The molecule has 134 valence electrons. The zero-order valence-electron chi connectivity index (χ0n) is 14.0. The molecule has 3 nitrogen and oxygen atoms in total. The Bertz CT molecular complexity index is 528. The molecule has 1 aromatic rings. The minimum Gasteiger partial charge on any atom is -0.342 e. The van der Waals surface area contributed by atoms with Gasteiger partial charge in [-0.15, -0.1) is 24.2 Å². The van der Waals surface area contributed by atoms with E-state index in [-0.39, 0.29) is 30.0 Å². The SMILES string of the molecule is CC(CSc1ccc(F)cc1)C(=O)N1CC[C@@H]2CNC[C@@H]2CC1.Cl. The van der Waals surface area contributed by atoms with E-state index in [1.165, 1.54) is 12.1 Å². The summed E-state index contributed by atoms with van der Waals surface area (Å²) in [4.78, 5) is 15.8. The zero-order valence-corrected chi connectivity index (χ0v) is 15.7. The van der Waals surface area contributed by atoms with Gasteiger partial charge in [0.15, 0.2) is 0 Å².